The molecule has 122 valence electrons. The Bertz CT molecular complexity index is 859. The molecule has 1 aromatic carbocycles. The van der Waals surface area contributed by atoms with Crippen molar-refractivity contribution in [2.75, 3.05) is 11.5 Å². The van der Waals surface area contributed by atoms with Gasteiger partial charge < -0.3 is 16.2 Å². The van der Waals surface area contributed by atoms with Crippen LogP contribution in [0.1, 0.15) is 16.3 Å². The van der Waals surface area contributed by atoms with Gasteiger partial charge in [-0.3, -0.25) is 4.57 Å². The average molecular weight is 329 g/mol. The van der Waals surface area contributed by atoms with Crippen LogP contribution in [0.25, 0.3) is 5.69 Å². The molecule has 9 nitrogen and oxygen atoms in total. The molecule has 0 aliphatic carbocycles. The lowest BCUT2D eigenvalue weighted by atomic mass is 10.3. The minimum absolute atomic E-state index is 0.0649. The number of carbonyl (C=O) groups is 1. The molecule has 0 aliphatic heterocycles. The van der Waals surface area contributed by atoms with Gasteiger partial charge in [0.25, 0.3) is 0 Å². The van der Waals surface area contributed by atoms with E-state index < -0.39 is 5.97 Å². The summed E-state index contributed by atoms with van der Waals surface area (Å²) in [6.07, 6.45) is 2.75. The summed E-state index contributed by atoms with van der Waals surface area (Å²) in [5.74, 6) is -1.04. The van der Waals surface area contributed by atoms with Crippen LogP contribution >= 0.6 is 0 Å². The van der Waals surface area contributed by atoms with Gasteiger partial charge in [0.15, 0.2) is 18.1 Å². The molecular weight excluding hydrogens is 317 g/mol. The fourth-order valence-electron chi connectivity index (χ4n) is 1.98. The predicted molar refractivity (Wildman–Crippen MR) is 81.3 cm³/mol. The molecule has 0 atom stereocenters. The lowest BCUT2D eigenvalue weighted by molar-refractivity contribution is 0.0452. The lowest BCUT2D eigenvalue weighted by Crippen LogP contribution is -2.13. The number of hydrogen-bond donors (Lipinski definition) is 2. The molecule has 0 saturated heterocycles. The number of hydrogen-bond acceptors (Lipinski definition) is 8. The summed E-state index contributed by atoms with van der Waals surface area (Å²) in [6, 6.07) is 5.59. The first-order chi connectivity index (χ1) is 11.5. The fourth-order valence-corrected chi connectivity index (χ4v) is 1.98. The van der Waals surface area contributed by atoms with Gasteiger partial charge in [0, 0.05) is 5.69 Å². The Hall–Kier alpha value is -3.56. The maximum atomic E-state index is 13.0. The van der Waals surface area contributed by atoms with Crippen molar-refractivity contribution in [2.24, 2.45) is 0 Å². The molecule has 3 rings (SSSR count). The zero-order chi connectivity index (χ0) is 17.1. The highest BCUT2D eigenvalue weighted by Gasteiger charge is 2.16. The molecule has 10 heteroatoms. The van der Waals surface area contributed by atoms with Gasteiger partial charge in [-0.15, -0.1) is 0 Å². The number of nitrogens with two attached hydrogens (primary N) is 2. The second kappa shape index (κ2) is 6.28. The van der Waals surface area contributed by atoms with Crippen molar-refractivity contribution in [3.05, 3.63) is 54.1 Å². The molecule has 0 radical (unpaired) electrons. The van der Waals surface area contributed by atoms with Crippen molar-refractivity contribution < 1.29 is 13.9 Å². The Labute approximate surface area is 135 Å². The molecular formula is C14H12FN7O2. The van der Waals surface area contributed by atoms with Gasteiger partial charge >= 0.3 is 5.97 Å². The number of carbonyl (C=O) groups excluding carboxylic acids is 1. The van der Waals surface area contributed by atoms with Crippen molar-refractivity contribution in [2.45, 2.75) is 6.61 Å². The molecule has 3 aromatic rings. The quantitative estimate of drug-likeness (QED) is 0.668. The highest BCUT2D eigenvalue weighted by atomic mass is 19.1. The van der Waals surface area contributed by atoms with Crippen LogP contribution < -0.4 is 11.5 Å². The lowest BCUT2D eigenvalue weighted by Gasteiger charge is -2.08. The number of nitrogens with zero attached hydrogens (tertiary/aromatic N) is 5. The first kappa shape index (κ1) is 15.3. The first-order valence-corrected chi connectivity index (χ1v) is 6.74. The summed E-state index contributed by atoms with van der Waals surface area (Å²) in [5.41, 5.74) is 11.6. The summed E-state index contributed by atoms with van der Waals surface area (Å²) >= 11 is 0. The van der Waals surface area contributed by atoms with E-state index in [1.54, 1.807) is 0 Å². The van der Waals surface area contributed by atoms with E-state index in [0.717, 1.165) is 0 Å². The van der Waals surface area contributed by atoms with E-state index in [9.17, 15) is 9.18 Å². The highest BCUT2D eigenvalue weighted by Crippen LogP contribution is 2.13. The molecule has 0 spiro atoms. The molecule has 24 heavy (non-hydrogen) atoms. The largest absolute Gasteiger partial charge is 0.453 e. The van der Waals surface area contributed by atoms with E-state index in [1.165, 1.54) is 41.4 Å². The predicted octanol–water partition coefficient (Wildman–Crippen LogP) is 0.718. The standard InChI is InChI=1S/C14H12FN7O2/c15-8-1-3-9(4-2-8)22-7-18-5-10(22)12(23)24-6-11-19-13(16)21-14(17)20-11/h1-5,7H,6H2,(H4,16,17,19,20,21). The van der Waals surface area contributed by atoms with Gasteiger partial charge in [-0.25, -0.2) is 14.2 Å². The van der Waals surface area contributed by atoms with Crippen LogP contribution in [0.5, 0.6) is 0 Å². The second-order valence-electron chi connectivity index (χ2n) is 4.67. The summed E-state index contributed by atoms with van der Waals surface area (Å²) in [7, 11) is 0. The number of aromatic nitrogens is 5. The Balaban J connectivity index is 1.76. The maximum absolute atomic E-state index is 13.0. The molecule has 4 N–H and O–H groups in total. The average Bonchev–Trinajstić information content (AvgIpc) is 3.02. The minimum atomic E-state index is -0.658. The number of rotatable bonds is 4. The topological polar surface area (TPSA) is 135 Å². The van der Waals surface area contributed by atoms with Crippen molar-refractivity contribution >= 4 is 17.9 Å². The normalized spacial score (nSPS) is 10.5. The summed E-state index contributed by atoms with van der Waals surface area (Å²) < 4.78 is 19.6. The van der Waals surface area contributed by atoms with E-state index in [-0.39, 0.29) is 35.8 Å². The van der Waals surface area contributed by atoms with Gasteiger partial charge in [0.2, 0.25) is 11.9 Å². The highest BCUT2D eigenvalue weighted by molar-refractivity contribution is 5.88. The smallest absolute Gasteiger partial charge is 0.357 e. The van der Waals surface area contributed by atoms with Crippen molar-refractivity contribution in [1.82, 2.24) is 24.5 Å². The zero-order valence-electron chi connectivity index (χ0n) is 12.3. The van der Waals surface area contributed by atoms with Crippen LogP contribution in [0.2, 0.25) is 0 Å². The molecule has 0 amide bonds. The van der Waals surface area contributed by atoms with E-state index in [4.69, 9.17) is 16.2 Å². The summed E-state index contributed by atoms with van der Waals surface area (Å²) in [5, 5.41) is 0. The summed E-state index contributed by atoms with van der Waals surface area (Å²) in [4.78, 5) is 27.4. The van der Waals surface area contributed by atoms with Gasteiger partial charge in [0.1, 0.15) is 5.82 Å². The second-order valence-corrected chi connectivity index (χ2v) is 4.67. The zero-order valence-corrected chi connectivity index (χ0v) is 12.3. The van der Waals surface area contributed by atoms with Crippen LogP contribution in [-0.2, 0) is 11.3 Å². The number of nitrogen functional groups attached to an aromatic ring is 2. The van der Waals surface area contributed by atoms with Crippen LogP contribution in [0.15, 0.2) is 36.8 Å². The molecule has 2 aromatic heterocycles. The third-order valence-electron chi connectivity index (χ3n) is 3.00. The molecule has 2 heterocycles. The Kier molecular flexibility index (Phi) is 4.01. The van der Waals surface area contributed by atoms with Crippen LogP contribution in [0.3, 0.4) is 0 Å². The van der Waals surface area contributed by atoms with Crippen LogP contribution in [0.4, 0.5) is 16.3 Å². The van der Waals surface area contributed by atoms with E-state index >= 15 is 0 Å². The van der Waals surface area contributed by atoms with E-state index in [2.05, 4.69) is 19.9 Å². The number of benzene rings is 1. The number of ether oxygens (including phenoxy) is 1. The Morgan fingerprint density at radius 1 is 1.12 bits per heavy atom. The number of imidazole rings is 1. The number of anilines is 2. The van der Waals surface area contributed by atoms with Crippen LogP contribution in [-0.4, -0.2) is 30.5 Å². The SMILES string of the molecule is Nc1nc(N)nc(COC(=O)c2cncn2-c2ccc(F)cc2)n1. The van der Waals surface area contributed by atoms with Gasteiger partial charge in [-0.05, 0) is 24.3 Å². The monoisotopic (exact) mass is 329 g/mol. The van der Waals surface area contributed by atoms with Crippen molar-refractivity contribution in [3.63, 3.8) is 0 Å². The maximum Gasteiger partial charge on any atom is 0.357 e. The number of halogens is 1. The molecule has 0 unspecified atom stereocenters. The Morgan fingerprint density at radius 2 is 1.79 bits per heavy atom. The van der Waals surface area contributed by atoms with Gasteiger partial charge in [-0.2, -0.15) is 15.0 Å². The van der Waals surface area contributed by atoms with Crippen molar-refractivity contribution in [3.8, 4) is 5.69 Å². The molecule has 0 aliphatic rings. The van der Waals surface area contributed by atoms with Crippen LogP contribution in [0, 0.1) is 5.82 Å². The van der Waals surface area contributed by atoms with Gasteiger partial charge in [0.05, 0.1) is 12.5 Å². The van der Waals surface area contributed by atoms with E-state index in [1.807, 2.05) is 0 Å². The summed E-state index contributed by atoms with van der Waals surface area (Å²) in [6.45, 7) is -0.232. The fraction of sp³-hybridized carbons (Fsp3) is 0.0714. The minimum Gasteiger partial charge on any atom is -0.453 e. The van der Waals surface area contributed by atoms with Gasteiger partial charge in [-0.1, -0.05) is 0 Å². The molecule has 0 bridgehead atoms. The van der Waals surface area contributed by atoms with E-state index in [0.29, 0.717) is 5.69 Å². The van der Waals surface area contributed by atoms with Crippen molar-refractivity contribution in [1.29, 1.82) is 0 Å². The first-order valence-electron chi connectivity index (χ1n) is 6.74. The number of esters is 1. The third kappa shape index (κ3) is 3.27. The Morgan fingerprint density at radius 3 is 2.46 bits per heavy atom. The molecule has 0 saturated carbocycles. The third-order valence-corrected chi connectivity index (χ3v) is 3.00. The molecule has 0 fully saturated rings.